The molecule has 0 spiro atoms. The third-order valence-electron chi connectivity index (χ3n) is 5.76. The topological polar surface area (TPSA) is 85.4 Å². The molecule has 2 saturated heterocycles. The average Bonchev–Trinajstić information content (AvgIpc) is 3.20. The second-order valence-corrected chi connectivity index (χ2v) is 7.60. The number of esters is 2. The predicted octanol–water partition coefficient (Wildman–Crippen LogP) is 2.22. The van der Waals surface area contributed by atoms with E-state index in [1.165, 1.54) is 0 Å². The first kappa shape index (κ1) is 18.9. The SMILES string of the molecule is C=C1C(=O)O[C@H]2CC(=C)[C@@H](O)CC[C@@]3(C)O[C@H]3[C@@H](OC(=O)/C(C)=C\C)[C@H]12. The summed E-state index contributed by atoms with van der Waals surface area (Å²) in [7, 11) is 0. The molecule has 142 valence electrons. The highest BCUT2D eigenvalue weighted by atomic mass is 16.6. The lowest BCUT2D eigenvalue weighted by molar-refractivity contribution is -0.149. The minimum absolute atomic E-state index is 0.270. The van der Waals surface area contributed by atoms with Gasteiger partial charge in [-0.2, -0.15) is 0 Å². The van der Waals surface area contributed by atoms with Gasteiger partial charge >= 0.3 is 11.9 Å². The molecule has 6 nitrogen and oxygen atoms in total. The molecule has 3 rings (SSSR count). The van der Waals surface area contributed by atoms with Gasteiger partial charge in [-0.05, 0) is 39.2 Å². The van der Waals surface area contributed by atoms with E-state index >= 15 is 0 Å². The Morgan fingerprint density at radius 3 is 2.77 bits per heavy atom. The molecule has 1 saturated carbocycles. The van der Waals surface area contributed by atoms with Crippen molar-refractivity contribution in [3.8, 4) is 0 Å². The minimum Gasteiger partial charge on any atom is -0.458 e. The van der Waals surface area contributed by atoms with Crippen LogP contribution in [0.25, 0.3) is 0 Å². The molecule has 0 aromatic carbocycles. The normalized spacial score (nSPS) is 40.4. The maximum absolute atomic E-state index is 12.4. The van der Waals surface area contributed by atoms with E-state index in [2.05, 4.69) is 13.2 Å². The zero-order valence-electron chi connectivity index (χ0n) is 15.5. The Labute approximate surface area is 153 Å². The van der Waals surface area contributed by atoms with E-state index in [1.54, 1.807) is 19.9 Å². The van der Waals surface area contributed by atoms with Crippen molar-refractivity contribution in [1.29, 1.82) is 0 Å². The summed E-state index contributed by atoms with van der Waals surface area (Å²) in [6.07, 6.45) is 0.775. The first-order valence-electron chi connectivity index (χ1n) is 8.95. The Balaban J connectivity index is 1.96. The fourth-order valence-electron chi connectivity index (χ4n) is 3.78. The van der Waals surface area contributed by atoms with Gasteiger partial charge in [0, 0.05) is 17.6 Å². The highest BCUT2D eigenvalue weighted by Gasteiger charge is 2.62. The lowest BCUT2D eigenvalue weighted by Gasteiger charge is -2.29. The average molecular weight is 362 g/mol. The van der Waals surface area contributed by atoms with Crippen molar-refractivity contribution >= 4 is 11.9 Å². The van der Waals surface area contributed by atoms with Crippen LogP contribution in [0.4, 0.5) is 0 Å². The molecular weight excluding hydrogens is 336 g/mol. The molecule has 3 fully saturated rings. The molecule has 0 bridgehead atoms. The maximum atomic E-state index is 12.4. The molecule has 0 radical (unpaired) electrons. The number of aliphatic hydroxyl groups excluding tert-OH is 1. The van der Waals surface area contributed by atoms with Gasteiger partial charge in [-0.15, -0.1) is 0 Å². The molecule has 1 aliphatic carbocycles. The van der Waals surface area contributed by atoms with Crippen LogP contribution in [0.1, 0.15) is 40.0 Å². The Hall–Kier alpha value is -1.92. The zero-order valence-corrected chi connectivity index (χ0v) is 15.5. The molecule has 26 heavy (non-hydrogen) atoms. The highest BCUT2D eigenvalue weighted by Crippen LogP contribution is 2.50. The number of hydrogen-bond donors (Lipinski definition) is 1. The Morgan fingerprint density at radius 2 is 2.12 bits per heavy atom. The minimum atomic E-state index is -0.686. The number of carbonyl (C=O) groups is 2. The quantitative estimate of drug-likeness (QED) is 0.351. The molecule has 0 amide bonds. The van der Waals surface area contributed by atoms with Gasteiger partial charge in [-0.3, -0.25) is 0 Å². The lowest BCUT2D eigenvalue weighted by Crippen LogP contribution is -2.41. The first-order chi connectivity index (χ1) is 12.2. The fraction of sp³-hybridized carbons (Fsp3) is 0.600. The second kappa shape index (κ2) is 6.67. The number of ether oxygens (including phenoxy) is 3. The predicted molar refractivity (Wildman–Crippen MR) is 94.1 cm³/mol. The molecule has 0 aromatic rings. The van der Waals surface area contributed by atoms with Crippen molar-refractivity contribution in [3.05, 3.63) is 36.0 Å². The van der Waals surface area contributed by atoms with Gasteiger partial charge in [0.2, 0.25) is 0 Å². The Kier molecular flexibility index (Phi) is 4.84. The summed E-state index contributed by atoms with van der Waals surface area (Å²) in [6.45, 7) is 13.2. The van der Waals surface area contributed by atoms with Crippen LogP contribution in [0.2, 0.25) is 0 Å². The van der Waals surface area contributed by atoms with Crippen molar-refractivity contribution in [2.45, 2.75) is 70.1 Å². The van der Waals surface area contributed by atoms with Crippen LogP contribution in [0.3, 0.4) is 0 Å². The molecule has 1 N–H and O–H groups in total. The number of epoxide rings is 1. The van der Waals surface area contributed by atoms with E-state index in [0.29, 0.717) is 30.4 Å². The van der Waals surface area contributed by atoms with Crippen LogP contribution in [0.5, 0.6) is 0 Å². The number of aliphatic hydroxyl groups is 1. The van der Waals surface area contributed by atoms with Gasteiger partial charge in [-0.1, -0.05) is 19.2 Å². The molecule has 3 aliphatic rings. The molecule has 6 atom stereocenters. The van der Waals surface area contributed by atoms with Gasteiger partial charge in [0.25, 0.3) is 0 Å². The molecule has 2 heterocycles. The van der Waals surface area contributed by atoms with E-state index < -0.39 is 41.8 Å². The van der Waals surface area contributed by atoms with Crippen LogP contribution in [0, 0.1) is 5.92 Å². The number of fused-ring (bicyclic) bond motifs is 2. The zero-order chi connectivity index (χ0) is 19.2. The van der Waals surface area contributed by atoms with Crippen molar-refractivity contribution in [3.63, 3.8) is 0 Å². The van der Waals surface area contributed by atoms with Crippen molar-refractivity contribution in [2.75, 3.05) is 0 Å². The molecule has 2 aliphatic heterocycles. The van der Waals surface area contributed by atoms with Crippen molar-refractivity contribution in [1.82, 2.24) is 0 Å². The fourth-order valence-corrected chi connectivity index (χ4v) is 3.78. The van der Waals surface area contributed by atoms with Crippen LogP contribution in [-0.4, -0.2) is 47.1 Å². The summed E-state index contributed by atoms with van der Waals surface area (Å²) >= 11 is 0. The van der Waals surface area contributed by atoms with Crippen LogP contribution in [-0.2, 0) is 23.8 Å². The Morgan fingerprint density at radius 1 is 1.42 bits per heavy atom. The van der Waals surface area contributed by atoms with Gasteiger partial charge in [0.15, 0.2) is 0 Å². The van der Waals surface area contributed by atoms with Crippen LogP contribution >= 0.6 is 0 Å². The van der Waals surface area contributed by atoms with Gasteiger partial charge < -0.3 is 19.3 Å². The highest BCUT2D eigenvalue weighted by molar-refractivity contribution is 5.91. The molecule has 6 heteroatoms. The standard InChI is InChI=1S/C20H26O6/c1-6-10(2)18(22)25-16-15-12(4)19(23)24-14(15)9-11(3)13(21)7-8-20(5)17(16)26-20/h6,13-17,21H,3-4,7-9H2,1-2,5H3/b10-6-/t13-,14-,15+,16-,17-,20+/m0/s1. The van der Waals surface area contributed by atoms with E-state index in [-0.39, 0.29) is 11.7 Å². The van der Waals surface area contributed by atoms with Gasteiger partial charge in [0.05, 0.1) is 17.6 Å². The third kappa shape index (κ3) is 3.23. The number of allylic oxidation sites excluding steroid dienone is 1. The van der Waals surface area contributed by atoms with Crippen molar-refractivity contribution < 1.29 is 28.9 Å². The lowest BCUT2D eigenvalue weighted by atomic mass is 9.80. The summed E-state index contributed by atoms with van der Waals surface area (Å²) < 4.78 is 17.1. The largest absolute Gasteiger partial charge is 0.458 e. The summed E-state index contributed by atoms with van der Waals surface area (Å²) in [5.41, 5.74) is 0.826. The smallest absolute Gasteiger partial charge is 0.334 e. The second-order valence-electron chi connectivity index (χ2n) is 7.60. The summed E-state index contributed by atoms with van der Waals surface area (Å²) in [5, 5.41) is 10.3. The maximum Gasteiger partial charge on any atom is 0.334 e. The summed E-state index contributed by atoms with van der Waals surface area (Å²) in [4.78, 5) is 24.5. The number of rotatable bonds is 2. The van der Waals surface area contributed by atoms with E-state index in [0.717, 1.165) is 0 Å². The van der Waals surface area contributed by atoms with E-state index in [1.807, 2.05) is 6.92 Å². The molecule has 0 aromatic heterocycles. The molecule has 0 unspecified atom stereocenters. The Bertz CT molecular complexity index is 692. The molecular formula is C20H26O6. The number of hydrogen-bond acceptors (Lipinski definition) is 6. The van der Waals surface area contributed by atoms with Gasteiger partial charge in [0.1, 0.15) is 18.3 Å². The number of carbonyl (C=O) groups excluding carboxylic acids is 2. The third-order valence-corrected chi connectivity index (χ3v) is 5.76. The van der Waals surface area contributed by atoms with E-state index in [4.69, 9.17) is 14.2 Å². The van der Waals surface area contributed by atoms with Gasteiger partial charge in [-0.25, -0.2) is 9.59 Å². The van der Waals surface area contributed by atoms with Crippen molar-refractivity contribution in [2.24, 2.45) is 5.92 Å². The summed E-state index contributed by atoms with van der Waals surface area (Å²) in [5.74, 6) is -1.48. The van der Waals surface area contributed by atoms with E-state index in [9.17, 15) is 14.7 Å². The van der Waals surface area contributed by atoms with Crippen LogP contribution in [0.15, 0.2) is 36.0 Å². The summed E-state index contributed by atoms with van der Waals surface area (Å²) in [6, 6.07) is 0. The van der Waals surface area contributed by atoms with Crippen LogP contribution < -0.4 is 0 Å². The monoisotopic (exact) mass is 362 g/mol. The first-order valence-corrected chi connectivity index (χ1v) is 8.95.